The van der Waals surface area contributed by atoms with Gasteiger partial charge in [0.2, 0.25) is 11.5 Å². The van der Waals surface area contributed by atoms with Gasteiger partial charge in [-0.3, -0.25) is 9.59 Å². The van der Waals surface area contributed by atoms with E-state index in [4.69, 9.17) is 18.9 Å². The number of benzene rings is 1. The van der Waals surface area contributed by atoms with Crippen LogP contribution in [0.25, 0.3) is 10.9 Å². The zero-order chi connectivity index (χ0) is 27.5. The smallest absolute Gasteiger partial charge is 0.354 e. The van der Waals surface area contributed by atoms with Crippen molar-refractivity contribution in [2.24, 2.45) is 11.8 Å². The third-order valence-electron chi connectivity index (χ3n) is 8.25. The van der Waals surface area contributed by atoms with Crippen LogP contribution in [0.4, 0.5) is 0 Å². The third kappa shape index (κ3) is 3.43. The van der Waals surface area contributed by atoms with Gasteiger partial charge in [-0.2, -0.15) is 0 Å². The van der Waals surface area contributed by atoms with Crippen molar-refractivity contribution < 1.29 is 33.3 Å². The van der Waals surface area contributed by atoms with E-state index in [0.717, 1.165) is 0 Å². The number of nitrogens with one attached hydrogen (secondary N) is 2. The van der Waals surface area contributed by atoms with Crippen molar-refractivity contribution in [1.82, 2.24) is 14.9 Å². The van der Waals surface area contributed by atoms with Crippen molar-refractivity contribution in [3.8, 4) is 17.2 Å². The zero-order valence-corrected chi connectivity index (χ0v) is 22.5. The molecule has 0 radical (unpaired) electrons. The van der Waals surface area contributed by atoms with Gasteiger partial charge >= 0.3 is 5.97 Å². The lowest BCUT2D eigenvalue weighted by Crippen LogP contribution is -2.54. The monoisotopic (exact) mass is 521 g/mol. The Hall–Kier alpha value is -4.21. The molecule has 3 atom stereocenters. The lowest BCUT2D eigenvalue weighted by Gasteiger charge is -2.51. The maximum atomic E-state index is 14.1. The molecular formula is C28H31N3O7. The number of carbonyl (C=O) groups excluding carboxylic acids is 3. The molecular weight excluding hydrogens is 490 g/mol. The van der Waals surface area contributed by atoms with Gasteiger partial charge in [-0.25, -0.2) is 4.79 Å². The minimum Gasteiger partial charge on any atom is -0.493 e. The minimum absolute atomic E-state index is 0.0716. The van der Waals surface area contributed by atoms with Crippen LogP contribution in [-0.4, -0.2) is 67.5 Å². The number of ether oxygens (including phenoxy) is 4. The van der Waals surface area contributed by atoms with Gasteiger partial charge in [0.15, 0.2) is 11.5 Å². The second kappa shape index (κ2) is 8.97. The van der Waals surface area contributed by atoms with Gasteiger partial charge in [0.05, 0.1) is 39.6 Å². The number of hydrogen-bond donors (Lipinski definition) is 2. The molecule has 1 fully saturated rings. The molecule has 0 unspecified atom stereocenters. The highest BCUT2D eigenvalue weighted by Crippen LogP contribution is 2.51. The van der Waals surface area contributed by atoms with Gasteiger partial charge in [-0.15, -0.1) is 0 Å². The third-order valence-corrected chi connectivity index (χ3v) is 8.25. The van der Waals surface area contributed by atoms with E-state index >= 15 is 0 Å². The van der Waals surface area contributed by atoms with E-state index in [2.05, 4.69) is 23.8 Å². The molecule has 1 amide bonds. The summed E-state index contributed by atoms with van der Waals surface area (Å²) >= 11 is 0. The van der Waals surface area contributed by atoms with Crippen molar-refractivity contribution in [2.45, 2.75) is 26.2 Å². The number of allylic oxidation sites excluding steroid dienone is 2. The van der Waals surface area contributed by atoms with E-state index in [-0.39, 0.29) is 29.2 Å². The van der Waals surface area contributed by atoms with Crippen molar-refractivity contribution in [2.75, 3.05) is 35.0 Å². The number of methoxy groups -OCH3 is 4. The lowest BCUT2D eigenvalue weighted by molar-refractivity contribution is 0.0582. The van der Waals surface area contributed by atoms with Crippen molar-refractivity contribution >= 4 is 28.6 Å². The van der Waals surface area contributed by atoms with E-state index in [1.54, 1.807) is 23.1 Å². The number of carbonyl (C=O) groups is 3. The fourth-order valence-corrected chi connectivity index (χ4v) is 5.91. The Morgan fingerprint density at radius 2 is 1.68 bits per heavy atom. The first kappa shape index (κ1) is 25.4. The van der Waals surface area contributed by atoms with Crippen LogP contribution in [0.5, 0.6) is 17.2 Å². The summed E-state index contributed by atoms with van der Waals surface area (Å²) in [7, 11) is 5.87. The van der Waals surface area contributed by atoms with Crippen molar-refractivity contribution in [1.29, 1.82) is 0 Å². The number of fused-ring (bicyclic) bond motifs is 4. The summed E-state index contributed by atoms with van der Waals surface area (Å²) in [5, 5.41) is 0.716. The van der Waals surface area contributed by atoms with Gasteiger partial charge in [0, 0.05) is 29.1 Å². The topological polar surface area (TPSA) is 123 Å². The Balaban J connectivity index is 1.62. The Labute approximate surface area is 219 Å². The number of rotatable bonds is 5. The highest BCUT2D eigenvalue weighted by atomic mass is 16.5. The number of hydrogen-bond acceptors (Lipinski definition) is 7. The van der Waals surface area contributed by atoms with Gasteiger partial charge in [-0.05, 0) is 42.5 Å². The summed E-state index contributed by atoms with van der Waals surface area (Å²) in [6.45, 7) is 6.64. The summed E-state index contributed by atoms with van der Waals surface area (Å²) in [4.78, 5) is 47.3. The van der Waals surface area contributed by atoms with E-state index in [1.165, 1.54) is 34.5 Å². The van der Waals surface area contributed by atoms with Crippen LogP contribution in [0.2, 0.25) is 0 Å². The van der Waals surface area contributed by atoms with Crippen LogP contribution in [0.3, 0.4) is 0 Å². The molecule has 10 nitrogen and oxygen atoms in total. The average molecular weight is 522 g/mol. The molecule has 3 heterocycles. The zero-order valence-electron chi connectivity index (χ0n) is 22.5. The molecule has 2 aliphatic rings. The molecule has 1 aromatic carbocycles. The quantitative estimate of drug-likeness (QED) is 0.485. The van der Waals surface area contributed by atoms with E-state index in [0.29, 0.717) is 57.3 Å². The van der Waals surface area contributed by atoms with E-state index in [1.807, 2.05) is 6.92 Å². The number of amides is 1. The predicted molar refractivity (Wildman–Crippen MR) is 139 cm³/mol. The molecule has 10 heteroatoms. The number of H-pyrrole nitrogens is 2. The van der Waals surface area contributed by atoms with Crippen LogP contribution in [0.15, 0.2) is 30.0 Å². The van der Waals surface area contributed by atoms with Gasteiger partial charge in [-0.1, -0.05) is 13.8 Å². The maximum Gasteiger partial charge on any atom is 0.354 e. The molecule has 1 aliphatic heterocycles. The van der Waals surface area contributed by atoms with E-state index < -0.39 is 11.4 Å². The highest BCUT2D eigenvalue weighted by Gasteiger charge is 2.52. The van der Waals surface area contributed by atoms with Gasteiger partial charge in [0.1, 0.15) is 11.4 Å². The standard InChI is InChI=1S/C28H31N3O7/c1-13-12-31(26(33)17-8-15-9-20(35-4)24(36-5)25(37-6)22(15)29-17)21-11-19(32)23-16(28(21,3)14(13)2)10-18(30-23)27(34)38-7/h8-11,13-14,29-30H,12H2,1-7H3/t13-,14-,28-/m1/s1. The number of aromatic amines is 2. The molecule has 3 aromatic rings. The first-order valence-corrected chi connectivity index (χ1v) is 12.3. The summed E-state index contributed by atoms with van der Waals surface area (Å²) in [6, 6.07) is 5.19. The van der Waals surface area contributed by atoms with Crippen LogP contribution >= 0.6 is 0 Å². The van der Waals surface area contributed by atoms with E-state index in [9.17, 15) is 14.4 Å². The number of esters is 1. The van der Waals surface area contributed by atoms with Crippen LogP contribution < -0.4 is 14.2 Å². The summed E-state index contributed by atoms with van der Waals surface area (Å²) in [5.74, 6) is 0.348. The lowest BCUT2D eigenvalue weighted by atomic mass is 9.61. The van der Waals surface area contributed by atoms with Crippen LogP contribution in [-0.2, 0) is 10.2 Å². The second-order valence-electron chi connectivity index (χ2n) is 10.0. The van der Waals surface area contributed by atoms with Crippen molar-refractivity contribution in [3.63, 3.8) is 0 Å². The van der Waals surface area contributed by atoms with Crippen LogP contribution in [0, 0.1) is 11.8 Å². The summed E-state index contributed by atoms with van der Waals surface area (Å²) in [6.07, 6.45) is 1.51. The molecule has 1 saturated heterocycles. The number of piperidine rings is 1. The number of likely N-dealkylation sites (tertiary alicyclic amines) is 1. The fourth-order valence-electron chi connectivity index (χ4n) is 5.91. The molecule has 0 spiro atoms. The highest BCUT2D eigenvalue weighted by molar-refractivity contribution is 6.09. The Kier molecular flexibility index (Phi) is 6.00. The maximum absolute atomic E-state index is 14.1. The Bertz CT molecular complexity index is 1510. The summed E-state index contributed by atoms with van der Waals surface area (Å²) < 4.78 is 21.4. The SMILES string of the molecule is COC(=O)c1cc2c([nH]1)C(=O)C=C1N(C(=O)c3cc4cc(OC)c(OC)c(OC)c4[nH]3)C[C@@H](C)[C@@H](C)[C@@]12C. The number of ketones is 1. The average Bonchev–Trinajstić information content (AvgIpc) is 3.56. The Morgan fingerprint density at radius 1 is 0.974 bits per heavy atom. The molecule has 38 heavy (non-hydrogen) atoms. The predicted octanol–water partition coefficient (Wildman–Crippen LogP) is 4.07. The molecule has 1 aliphatic carbocycles. The molecule has 2 aromatic heterocycles. The van der Waals surface area contributed by atoms with Gasteiger partial charge in [0.25, 0.3) is 5.91 Å². The fraction of sp³-hybridized carbons (Fsp3) is 0.393. The largest absolute Gasteiger partial charge is 0.493 e. The Morgan fingerprint density at radius 3 is 2.32 bits per heavy atom. The summed E-state index contributed by atoms with van der Waals surface area (Å²) in [5.41, 5.74) is 2.07. The van der Waals surface area contributed by atoms with Crippen LogP contribution in [0.1, 0.15) is 57.8 Å². The van der Waals surface area contributed by atoms with Gasteiger partial charge < -0.3 is 33.8 Å². The molecule has 0 saturated carbocycles. The first-order chi connectivity index (χ1) is 18.1. The molecule has 2 N–H and O–H groups in total. The van der Waals surface area contributed by atoms with Crippen molar-refractivity contribution in [3.05, 3.63) is 52.6 Å². The molecule has 5 rings (SSSR count). The number of aromatic nitrogens is 2. The normalized spacial score (nSPS) is 22.4. The second-order valence-corrected chi connectivity index (χ2v) is 10.0. The molecule has 0 bridgehead atoms. The minimum atomic E-state index is -0.699. The molecule has 200 valence electrons. The number of nitrogens with zero attached hydrogens (tertiary/aromatic N) is 1. The first-order valence-electron chi connectivity index (χ1n) is 12.3.